The largest absolute Gasteiger partial charge is 0.481 e. The summed E-state index contributed by atoms with van der Waals surface area (Å²) in [6, 6.07) is 0. The molecule has 0 aromatic heterocycles. The van der Waals surface area contributed by atoms with E-state index in [2.05, 4.69) is 19.1 Å². The maximum atomic E-state index is 12.0. The quantitative estimate of drug-likeness (QED) is 0.594. The third kappa shape index (κ3) is 1.77. The average molecular weight is 268 g/mol. The van der Waals surface area contributed by atoms with Crippen LogP contribution in [0.5, 0.6) is 0 Å². The number of methoxy groups -OCH3 is 2. The molecule has 0 spiro atoms. The van der Waals surface area contributed by atoms with E-state index in [1.807, 2.05) is 6.92 Å². The van der Waals surface area contributed by atoms with Crippen molar-refractivity contribution >= 4 is 5.97 Å². The van der Waals surface area contributed by atoms with Gasteiger partial charge in [0.15, 0.2) is 6.29 Å². The van der Waals surface area contributed by atoms with Crippen LogP contribution in [-0.2, 0) is 14.3 Å². The summed E-state index contributed by atoms with van der Waals surface area (Å²) in [5, 5.41) is 9.85. The Bertz CT molecular complexity index is 388. The average Bonchev–Trinajstić information content (AvgIpc) is 2.88. The van der Waals surface area contributed by atoms with Gasteiger partial charge >= 0.3 is 5.97 Å². The molecule has 2 aliphatic rings. The molecular formula is C15H24O4. The molecule has 2 rings (SSSR count). The van der Waals surface area contributed by atoms with Gasteiger partial charge in [-0.3, -0.25) is 4.79 Å². The van der Waals surface area contributed by atoms with E-state index >= 15 is 0 Å². The van der Waals surface area contributed by atoms with Gasteiger partial charge in [-0.25, -0.2) is 0 Å². The number of carbonyl (C=O) groups is 1. The van der Waals surface area contributed by atoms with Crippen LogP contribution in [-0.4, -0.2) is 31.6 Å². The lowest BCUT2D eigenvalue weighted by molar-refractivity contribution is -0.191. The van der Waals surface area contributed by atoms with Gasteiger partial charge in [-0.1, -0.05) is 25.5 Å². The van der Waals surface area contributed by atoms with Crippen LogP contribution in [0.1, 0.15) is 33.1 Å². The Labute approximate surface area is 114 Å². The lowest BCUT2D eigenvalue weighted by atomic mass is 9.59. The van der Waals surface area contributed by atoms with Crippen LogP contribution in [0.3, 0.4) is 0 Å². The number of ether oxygens (including phenoxy) is 2. The maximum Gasteiger partial charge on any atom is 0.310 e. The Morgan fingerprint density at radius 3 is 2.58 bits per heavy atom. The molecular weight excluding hydrogens is 244 g/mol. The zero-order valence-corrected chi connectivity index (χ0v) is 12.2. The Kier molecular flexibility index (Phi) is 3.76. The number of rotatable bonds is 6. The first-order valence-electron chi connectivity index (χ1n) is 6.95. The molecule has 2 aliphatic carbocycles. The molecule has 0 heterocycles. The Hall–Kier alpha value is -0.870. The predicted octanol–water partition coefficient (Wildman–Crippen LogP) is 2.69. The summed E-state index contributed by atoms with van der Waals surface area (Å²) >= 11 is 0. The van der Waals surface area contributed by atoms with E-state index in [1.54, 1.807) is 14.2 Å². The van der Waals surface area contributed by atoms with Crippen molar-refractivity contribution in [3.63, 3.8) is 0 Å². The first-order valence-corrected chi connectivity index (χ1v) is 6.95. The van der Waals surface area contributed by atoms with Crippen LogP contribution in [0.2, 0.25) is 0 Å². The van der Waals surface area contributed by atoms with Crippen LogP contribution >= 0.6 is 0 Å². The van der Waals surface area contributed by atoms with Crippen LogP contribution < -0.4 is 0 Å². The van der Waals surface area contributed by atoms with Crippen LogP contribution in [0.25, 0.3) is 0 Å². The number of fused-ring (bicyclic) bond motifs is 2. The van der Waals surface area contributed by atoms with E-state index < -0.39 is 17.7 Å². The highest BCUT2D eigenvalue weighted by atomic mass is 16.7. The second-order valence-corrected chi connectivity index (χ2v) is 6.01. The van der Waals surface area contributed by atoms with E-state index in [0.29, 0.717) is 0 Å². The standard InChI is InChI=1S/C15H24O4/c1-5-7-15-8-6-10(9-15)11(12(18-3)19-4)14(15,2)13(16)17/h6,8,10-12H,5,7,9H2,1-4H3,(H,16,17). The highest BCUT2D eigenvalue weighted by molar-refractivity contribution is 5.78. The fourth-order valence-electron chi connectivity index (χ4n) is 4.37. The number of aliphatic carboxylic acids is 1. The lowest BCUT2D eigenvalue weighted by Gasteiger charge is -2.45. The minimum absolute atomic E-state index is 0.128. The Morgan fingerprint density at radius 1 is 1.47 bits per heavy atom. The number of hydrogen-bond acceptors (Lipinski definition) is 3. The minimum Gasteiger partial charge on any atom is -0.481 e. The predicted molar refractivity (Wildman–Crippen MR) is 71.6 cm³/mol. The minimum atomic E-state index is -0.820. The molecule has 4 atom stereocenters. The molecule has 1 saturated carbocycles. The summed E-state index contributed by atoms with van der Waals surface area (Å²) in [6.45, 7) is 3.97. The highest BCUT2D eigenvalue weighted by Crippen LogP contribution is 2.66. The van der Waals surface area contributed by atoms with Crippen molar-refractivity contribution < 1.29 is 19.4 Å². The smallest absolute Gasteiger partial charge is 0.310 e. The highest BCUT2D eigenvalue weighted by Gasteiger charge is 2.67. The summed E-state index contributed by atoms with van der Waals surface area (Å²) < 4.78 is 10.8. The number of hydrogen-bond donors (Lipinski definition) is 1. The number of carboxylic acid groups (broad SMARTS) is 1. The van der Waals surface area contributed by atoms with E-state index in [9.17, 15) is 9.90 Å². The topological polar surface area (TPSA) is 55.8 Å². The lowest BCUT2D eigenvalue weighted by Crippen LogP contribution is -2.50. The first-order chi connectivity index (χ1) is 8.96. The van der Waals surface area contributed by atoms with Crippen LogP contribution in [0.4, 0.5) is 0 Å². The molecule has 4 unspecified atom stereocenters. The van der Waals surface area contributed by atoms with E-state index in [-0.39, 0.29) is 17.3 Å². The third-order valence-corrected chi connectivity index (χ3v) is 5.32. The monoisotopic (exact) mass is 268 g/mol. The van der Waals surface area contributed by atoms with Gasteiger partial charge in [-0.15, -0.1) is 0 Å². The van der Waals surface area contributed by atoms with Gasteiger partial charge < -0.3 is 14.6 Å². The Morgan fingerprint density at radius 2 is 2.11 bits per heavy atom. The van der Waals surface area contributed by atoms with Crippen molar-refractivity contribution in [1.29, 1.82) is 0 Å². The molecule has 0 aromatic carbocycles. The van der Waals surface area contributed by atoms with Crippen molar-refractivity contribution in [2.24, 2.45) is 22.7 Å². The summed E-state index contributed by atoms with van der Waals surface area (Å²) in [5.41, 5.74) is -1.07. The second kappa shape index (κ2) is 4.91. The molecule has 2 bridgehead atoms. The van der Waals surface area contributed by atoms with Crippen molar-refractivity contribution in [2.45, 2.75) is 39.4 Å². The Balaban J connectivity index is 2.46. The van der Waals surface area contributed by atoms with Gasteiger partial charge in [0, 0.05) is 25.6 Å². The number of allylic oxidation sites excluding steroid dienone is 2. The van der Waals surface area contributed by atoms with Crippen LogP contribution in [0.15, 0.2) is 12.2 Å². The molecule has 0 radical (unpaired) electrons. The molecule has 0 aromatic rings. The van der Waals surface area contributed by atoms with E-state index in [4.69, 9.17) is 9.47 Å². The van der Waals surface area contributed by atoms with Crippen molar-refractivity contribution in [3.8, 4) is 0 Å². The molecule has 108 valence electrons. The van der Waals surface area contributed by atoms with Crippen LogP contribution in [0, 0.1) is 22.7 Å². The first kappa shape index (κ1) is 14.5. The van der Waals surface area contributed by atoms with Crippen molar-refractivity contribution in [1.82, 2.24) is 0 Å². The molecule has 1 N–H and O–H groups in total. The van der Waals surface area contributed by atoms with Gasteiger partial charge in [-0.2, -0.15) is 0 Å². The van der Waals surface area contributed by atoms with E-state index in [1.165, 1.54) is 0 Å². The summed E-state index contributed by atoms with van der Waals surface area (Å²) in [7, 11) is 3.16. The summed E-state index contributed by atoms with van der Waals surface area (Å²) in [4.78, 5) is 12.0. The summed E-state index contributed by atoms with van der Waals surface area (Å²) in [6.07, 6.45) is 6.62. The second-order valence-electron chi connectivity index (χ2n) is 6.01. The molecule has 1 fully saturated rings. The maximum absolute atomic E-state index is 12.0. The van der Waals surface area contributed by atoms with Gasteiger partial charge in [-0.05, 0) is 25.7 Å². The number of carboxylic acids is 1. The SMILES string of the molecule is CCCC12C=CC(C1)C(C(OC)OC)C2(C)C(=O)O. The van der Waals surface area contributed by atoms with Gasteiger partial charge in [0.2, 0.25) is 0 Å². The van der Waals surface area contributed by atoms with E-state index in [0.717, 1.165) is 19.3 Å². The fraction of sp³-hybridized carbons (Fsp3) is 0.800. The van der Waals surface area contributed by atoms with Crippen molar-refractivity contribution in [2.75, 3.05) is 14.2 Å². The zero-order valence-electron chi connectivity index (χ0n) is 12.2. The summed E-state index contributed by atoms with van der Waals surface area (Å²) in [5.74, 6) is -0.633. The molecule has 0 amide bonds. The molecule has 19 heavy (non-hydrogen) atoms. The molecule has 4 heteroatoms. The fourth-order valence-corrected chi connectivity index (χ4v) is 4.37. The molecule has 0 aliphatic heterocycles. The zero-order chi connectivity index (χ0) is 14.3. The van der Waals surface area contributed by atoms with Gasteiger partial charge in [0.1, 0.15) is 0 Å². The van der Waals surface area contributed by atoms with Crippen molar-refractivity contribution in [3.05, 3.63) is 12.2 Å². The molecule has 4 nitrogen and oxygen atoms in total. The van der Waals surface area contributed by atoms with Gasteiger partial charge in [0.25, 0.3) is 0 Å². The normalized spacial score (nSPS) is 40.3. The van der Waals surface area contributed by atoms with Gasteiger partial charge in [0.05, 0.1) is 5.41 Å². The third-order valence-electron chi connectivity index (χ3n) is 5.32. The molecule has 0 saturated heterocycles.